The third-order valence-electron chi connectivity index (χ3n) is 5.42. The van der Waals surface area contributed by atoms with Crippen LogP contribution in [0.4, 0.5) is 4.39 Å². The molecule has 1 amide bonds. The Bertz CT molecular complexity index is 837. The van der Waals surface area contributed by atoms with E-state index in [0.717, 1.165) is 18.5 Å². The third-order valence-corrected chi connectivity index (χ3v) is 5.42. The van der Waals surface area contributed by atoms with Crippen molar-refractivity contribution in [3.05, 3.63) is 59.4 Å². The lowest BCUT2D eigenvalue weighted by Gasteiger charge is -2.47. The van der Waals surface area contributed by atoms with Crippen molar-refractivity contribution in [2.75, 3.05) is 26.3 Å². The highest BCUT2D eigenvalue weighted by molar-refractivity contribution is 5.92. The Labute approximate surface area is 163 Å². The van der Waals surface area contributed by atoms with Gasteiger partial charge >= 0.3 is 0 Å². The van der Waals surface area contributed by atoms with Crippen LogP contribution in [0.3, 0.4) is 0 Å². The number of hydrogen-bond acceptors (Lipinski definition) is 5. The highest BCUT2D eigenvalue weighted by Crippen LogP contribution is 2.39. The van der Waals surface area contributed by atoms with E-state index in [-0.39, 0.29) is 23.9 Å². The second kappa shape index (κ2) is 7.93. The highest BCUT2D eigenvalue weighted by atomic mass is 19.1. The fourth-order valence-electron chi connectivity index (χ4n) is 3.85. The number of nitrogens with zero attached hydrogens (tertiary/aromatic N) is 3. The maximum absolute atomic E-state index is 13.6. The van der Waals surface area contributed by atoms with Gasteiger partial charge in [-0.3, -0.25) is 9.78 Å². The minimum Gasteiger partial charge on any atom is -0.377 e. The Morgan fingerprint density at radius 1 is 1.32 bits per heavy atom. The number of likely N-dealkylation sites (tertiary alicyclic amines) is 1. The van der Waals surface area contributed by atoms with Crippen molar-refractivity contribution in [2.24, 2.45) is 5.92 Å². The summed E-state index contributed by atoms with van der Waals surface area (Å²) in [5.41, 5.74) is 1.51. The molecule has 148 valence electrons. The summed E-state index contributed by atoms with van der Waals surface area (Å²) >= 11 is 0. The van der Waals surface area contributed by atoms with Gasteiger partial charge in [-0.25, -0.2) is 9.37 Å². The molecule has 6 nitrogen and oxygen atoms in total. The van der Waals surface area contributed by atoms with Crippen LogP contribution in [0.2, 0.25) is 0 Å². The standard InChI is InChI=1S/C21H24FN3O3/c1-15-9-24-19(10-23-15)20(26)25-13-21(14-25)8-16(11-28-21)6-7-27-12-17-4-2-3-5-18(17)22/h2-5,9-10,16H,6-8,11-14H2,1H3. The van der Waals surface area contributed by atoms with Gasteiger partial charge in [-0.1, -0.05) is 18.2 Å². The number of hydrogen-bond donors (Lipinski definition) is 0. The molecular formula is C21H24FN3O3. The van der Waals surface area contributed by atoms with Gasteiger partial charge < -0.3 is 14.4 Å². The lowest BCUT2D eigenvalue weighted by Crippen LogP contribution is -2.63. The summed E-state index contributed by atoms with van der Waals surface area (Å²) in [6.07, 6.45) is 4.91. The van der Waals surface area contributed by atoms with Gasteiger partial charge in [-0.05, 0) is 31.7 Å². The minimum absolute atomic E-state index is 0.0987. The molecule has 1 aromatic carbocycles. The topological polar surface area (TPSA) is 64.6 Å². The summed E-state index contributed by atoms with van der Waals surface area (Å²) in [7, 11) is 0. The fraction of sp³-hybridized carbons (Fsp3) is 0.476. The zero-order chi connectivity index (χ0) is 19.6. The lowest BCUT2D eigenvalue weighted by molar-refractivity contribution is -0.0952. The van der Waals surface area contributed by atoms with Crippen LogP contribution < -0.4 is 0 Å². The van der Waals surface area contributed by atoms with E-state index in [1.165, 1.54) is 12.3 Å². The molecule has 2 aliphatic rings. The number of amides is 1. The summed E-state index contributed by atoms with van der Waals surface area (Å²) in [5.74, 6) is 0.0681. The number of ether oxygens (including phenoxy) is 2. The molecule has 28 heavy (non-hydrogen) atoms. The summed E-state index contributed by atoms with van der Waals surface area (Å²) in [4.78, 5) is 22.5. The second-order valence-electron chi connectivity index (χ2n) is 7.70. The molecular weight excluding hydrogens is 361 g/mol. The lowest BCUT2D eigenvalue weighted by atomic mass is 9.86. The van der Waals surface area contributed by atoms with E-state index in [0.29, 0.717) is 43.5 Å². The SMILES string of the molecule is Cc1cnc(C(=O)N2CC3(CC(CCOCc4ccccc4F)CO3)C2)cn1. The molecule has 1 aromatic heterocycles. The van der Waals surface area contributed by atoms with Crippen molar-refractivity contribution in [1.82, 2.24) is 14.9 Å². The quantitative estimate of drug-likeness (QED) is 0.716. The van der Waals surface area contributed by atoms with Crippen LogP contribution in [0.1, 0.15) is 34.6 Å². The number of benzene rings is 1. The molecule has 0 aliphatic carbocycles. The number of carbonyl (C=O) groups is 1. The maximum atomic E-state index is 13.6. The van der Waals surface area contributed by atoms with Crippen LogP contribution in [0, 0.1) is 18.7 Å². The van der Waals surface area contributed by atoms with Crippen molar-refractivity contribution in [3.8, 4) is 0 Å². The molecule has 3 heterocycles. The summed E-state index contributed by atoms with van der Waals surface area (Å²) < 4.78 is 25.2. The molecule has 2 aliphatic heterocycles. The molecule has 0 N–H and O–H groups in total. The average Bonchev–Trinajstić information content (AvgIpc) is 3.10. The fourth-order valence-corrected chi connectivity index (χ4v) is 3.85. The molecule has 2 saturated heterocycles. The van der Waals surface area contributed by atoms with Gasteiger partial charge in [0.05, 0.1) is 38.2 Å². The van der Waals surface area contributed by atoms with Crippen LogP contribution in [0.5, 0.6) is 0 Å². The molecule has 4 rings (SSSR count). The van der Waals surface area contributed by atoms with Gasteiger partial charge in [0.2, 0.25) is 0 Å². The van der Waals surface area contributed by atoms with E-state index in [4.69, 9.17) is 9.47 Å². The Hall–Kier alpha value is -2.38. The predicted molar refractivity (Wildman–Crippen MR) is 100 cm³/mol. The zero-order valence-corrected chi connectivity index (χ0v) is 15.9. The van der Waals surface area contributed by atoms with Crippen LogP contribution in [-0.2, 0) is 16.1 Å². The third kappa shape index (κ3) is 4.05. The van der Waals surface area contributed by atoms with Crippen LogP contribution in [0.15, 0.2) is 36.7 Å². The van der Waals surface area contributed by atoms with Crippen molar-refractivity contribution >= 4 is 5.91 Å². The van der Waals surface area contributed by atoms with Crippen molar-refractivity contribution in [1.29, 1.82) is 0 Å². The number of aryl methyl sites for hydroxylation is 1. The van der Waals surface area contributed by atoms with Crippen LogP contribution in [0.25, 0.3) is 0 Å². The first kappa shape index (κ1) is 19.0. The first-order valence-electron chi connectivity index (χ1n) is 9.58. The summed E-state index contributed by atoms with van der Waals surface area (Å²) in [6.45, 7) is 4.55. The smallest absolute Gasteiger partial charge is 0.274 e. The maximum Gasteiger partial charge on any atom is 0.274 e. The molecule has 1 atom stereocenters. The molecule has 2 fully saturated rings. The van der Waals surface area contributed by atoms with E-state index in [1.54, 1.807) is 23.2 Å². The van der Waals surface area contributed by atoms with E-state index < -0.39 is 0 Å². The number of rotatable bonds is 6. The van der Waals surface area contributed by atoms with Gasteiger partial charge in [0, 0.05) is 18.4 Å². The van der Waals surface area contributed by atoms with Gasteiger partial charge in [0.15, 0.2) is 0 Å². The minimum atomic E-state index is -0.233. The number of halogens is 1. The molecule has 0 radical (unpaired) electrons. The van der Waals surface area contributed by atoms with Gasteiger partial charge in [0.1, 0.15) is 17.1 Å². The predicted octanol–water partition coefficient (Wildman–Crippen LogP) is 2.76. The highest BCUT2D eigenvalue weighted by Gasteiger charge is 2.51. The van der Waals surface area contributed by atoms with Crippen molar-refractivity contribution < 1.29 is 18.7 Å². The first-order chi connectivity index (χ1) is 13.5. The van der Waals surface area contributed by atoms with Gasteiger partial charge in [-0.15, -0.1) is 0 Å². The Morgan fingerprint density at radius 2 is 2.14 bits per heavy atom. The van der Waals surface area contributed by atoms with E-state index in [2.05, 4.69) is 9.97 Å². The molecule has 7 heteroatoms. The number of aromatic nitrogens is 2. The Balaban J connectivity index is 1.19. The van der Waals surface area contributed by atoms with Crippen molar-refractivity contribution in [2.45, 2.75) is 32.0 Å². The summed E-state index contributed by atoms with van der Waals surface area (Å²) in [6, 6.07) is 6.66. The Kier molecular flexibility index (Phi) is 5.37. The number of carbonyl (C=O) groups excluding carboxylic acids is 1. The average molecular weight is 385 g/mol. The first-order valence-corrected chi connectivity index (χ1v) is 9.58. The largest absolute Gasteiger partial charge is 0.377 e. The van der Waals surface area contributed by atoms with Crippen molar-refractivity contribution in [3.63, 3.8) is 0 Å². The molecule has 0 saturated carbocycles. The Morgan fingerprint density at radius 3 is 2.89 bits per heavy atom. The van der Waals surface area contributed by atoms with E-state index >= 15 is 0 Å². The van der Waals surface area contributed by atoms with Gasteiger partial charge in [0.25, 0.3) is 5.91 Å². The molecule has 0 bridgehead atoms. The normalized spacial score (nSPS) is 20.4. The van der Waals surface area contributed by atoms with Crippen LogP contribution >= 0.6 is 0 Å². The van der Waals surface area contributed by atoms with E-state index in [1.807, 2.05) is 13.0 Å². The molecule has 1 unspecified atom stereocenters. The van der Waals surface area contributed by atoms with Crippen LogP contribution in [-0.4, -0.2) is 52.7 Å². The zero-order valence-electron chi connectivity index (χ0n) is 15.9. The van der Waals surface area contributed by atoms with Gasteiger partial charge in [-0.2, -0.15) is 0 Å². The second-order valence-corrected chi connectivity index (χ2v) is 7.70. The summed E-state index contributed by atoms with van der Waals surface area (Å²) in [5, 5.41) is 0. The molecule has 1 spiro atoms. The van der Waals surface area contributed by atoms with E-state index in [9.17, 15) is 9.18 Å². The molecule has 2 aromatic rings. The monoisotopic (exact) mass is 385 g/mol.